The van der Waals surface area contributed by atoms with Crippen molar-refractivity contribution < 1.29 is 14.4 Å². The molecular weight excluding hydrogens is 354 g/mol. The Morgan fingerprint density at radius 2 is 1.79 bits per heavy atom. The first-order valence-corrected chi connectivity index (χ1v) is 10.1. The van der Waals surface area contributed by atoms with Gasteiger partial charge in [-0.1, -0.05) is 36.9 Å². The molecule has 0 radical (unpaired) electrons. The second-order valence-corrected chi connectivity index (χ2v) is 8.18. The van der Waals surface area contributed by atoms with E-state index in [0.717, 1.165) is 12.1 Å². The third-order valence-corrected chi connectivity index (χ3v) is 6.32. The molecule has 2 heterocycles. The summed E-state index contributed by atoms with van der Waals surface area (Å²) in [6.45, 7) is 5.91. The molecule has 0 unspecified atom stereocenters. The van der Waals surface area contributed by atoms with E-state index < -0.39 is 5.41 Å². The first-order valence-electron chi connectivity index (χ1n) is 10.1. The van der Waals surface area contributed by atoms with Crippen molar-refractivity contribution >= 4 is 17.7 Å². The first kappa shape index (κ1) is 18.7. The molecule has 148 valence electrons. The largest absolute Gasteiger partial charge is 0.339 e. The van der Waals surface area contributed by atoms with Crippen LogP contribution < -0.4 is 0 Å². The van der Waals surface area contributed by atoms with E-state index in [-0.39, 0.29) is 24.3 Å². The molecule has 1 saturated carbocycles. The highest BCUT2D eigenvalue weighted by Gasteiger charge is 2.48. The Bertz CT molecular complexity index is 779. The van der Waals surface area contributed by atoms with Gasteiger partial charge in [-0.2, -0.15) is 0 Å². The lowest BCUT2D eigenvalue weighted by Crippen LogP contribution is -2.53. The normalized spacial score (nSPS) is 21.7. The number of hydrogen-bond acceptors (Lipinski definition) is 3. The average Bonchev–Trinajstić information content (AvgIpc) is 3.49. The molecule has 1 aliphatic carbocycles. The Morgan fingerprint density at radius 1 is 1.11 bits per heavy atom. The summed E-state index contributed by atoms with van der Waals surface area (Å²) in [5, 5.41) is 0. The first-order chi connectivity index (χ1) is 13.5. The summed E-state index contributed by atoms with van der Waals surface area (Å²) in [6, 6.07) is 9.81. The van der Waals surface area contributed by atoms with Crippen LogP contribution in [0.1, 0.15) is 31.2 Å². The van der Waals surface area contributed by atoms with E-state index in [2.05, 4.69) is 6.58 Å². The summed E-state index contributed by atoms with van der Waals surface area (Å²) in [4.78, 5) is 43.4. The van der Waals surface area contributed by atoms with Crippen molar-refractivity contribution in [2.24, 2.45) is 5.92 Å². The Labute approximate surface area is 165 Å². The molecule has 1 aromatic carbocycles. The molecule has 0 spiro atoms. The molecule has 0 bridgehead atoms. The SMILES string of the molecule is C=CC(=O)N1CCC(C(=O)N2CC(=O)N(CC3CC3)C2)(c2ccccc2)CC1. The molecule has 0 aromatic heterocycles. The minimum Gasteiger partial charge on any atom is -0.339 e. The van der Waals surface area contributed by atoms with Crippen LogP contribution in [0.3, 0.4) is 0 Å². The maximum absolute atomic E-state index is 13.7. The number of piperidine rings is 1. The second kappa shape index (κ2) is 7.41. The Kier molecular flexibility index (Phi) is 4.96. The van der Waals surface area contributed by atoms with E-state index >= 15 is 0 Å². The maximum Gasteiger partial charge on any atom is 0.245 e. The van der Waals surface area contributed by atoms with Gasteiger partial charge >= 0.3 is 0 Å². The highest BCUT2D eigenvalue weighted by molar-refractivity contribution is 5.94. The van der Waals surface area contributed by atoms with Crippen LogP contribution in [-0.2, 0) is 19.8 Å². The lowest BCUT2D eigenvalue weighted by molar-refractivity contribution is -0.141. The molecule has 0 N–H and O–H groups in total. The van der Waals surface area contributed by atoms with Gasteiger partial charge in [0.2, 0.25) is 17.7 Å². The zero-order chi connectivity index (χ0) is 19.7. The molecule has 28 heavy (non-hydrogen) atoms. The quantitative estimate of drug-likeness (QED) is 0.731. The van der Waals surface area contributed by atoms with Crippen molar-refractivity contribution in [3.8, 4) is 0 Å². The van der Waals surface area contributed by atoms with E-state index in [0.29, 0.717) is 38.5 Å². The van der Waals surface area contributed by atoms with Gasteiger partial charge < -0.3 is 14.7 Å². The number of hydrogen-bond donors (Lipinski definition) is 0. The number of benzene rings is 1. The molecule has 6 heteroatoms. The van der Waals surface area contributed by atoms with Gasteiger partial charge in [0.05, 0.1) is 12.1 Å². The number of rotatable bonds is 5. The number of carbonyl (C=O) groups is 3. The van der Waals surface area contributed by atoms with Gasteiger partial charge in [0, 0.05) is 19.6 Å². The number of likely N-dealkylation sites (tertiary alicyclic amines) is 1. The summed E-state index contributed by atoms with van der Waals surface area (Å²) in [7, 11) is 0. The molecule has 4 rings (SSSR count). The Morgan fingerprint density at radius 3 is 2.39 bits per heavy atom. The van der Waals surface area contributed by atoms with Gasteiger partial charge in [-0.05, 0) is 43.2 Å². The molecule has 1 aromatic rings. The van der Waals surface area contributed by atoms with Gasteiger partial charge in [0.25, 0.3) is 0 Å². The van der Waals surface area contributed by atoms with E-state index in [1.807, 2.05) is 35.2 Å². The minimum atomic E-state index is -0.685. The van der Waals surface area contributed by atoms with Crippen molar-refractivity contribution in [2.75, 3.05) is 32.8 Å². The van der Waals surface area contributed by atoms with Crippen molar-refractivity contribution in [3.05, 3.63) is 48.6 Å². The van der Waals surface area contributed by atoms with Crippen LogP contribution in [0.4, 0.5) is 0 Å². The molecular formula is C22H27N3O3. The summed E-state index contributed by atoms with van der Waals surface area (Å²) < 4.78 is 0. The van der Waals surface area contributed by atoms with Crippen molar-refractivity contribution in [1.82, 2.24) is 14.7 Å². The van der Waals surface area contributed by atoms with Crippen molar-refractivity contribution in [2.45, 2.75) is 31.1 Å². The standard InChI is InChI=1S/C22H27N3O3/c1-2-19(26)23-12-10-22(11-13-23,18-6-4-3-5-7-18)21(28)25-15-20(27)24(16-25)14-17-8-9-17/h2-7,17H,1,8-16H2. The third kappa shape index (κ3) is 3.43. The smallest absolute Gasteiger partial charge is 0.245 e. The molecule has 3 aliphatic rings. The van der Waals surface area contributed by atoms with Gasteiger partial charge in [-0.3, -0.25) is 14.4 Å². The van der Waals surface area contributed by atoms with Gasteiger partial charge in [-0.25, -0.2) is 0 Å². The molecule has 0 atom stereocenters. The lowest BCUT2D eigenvalue weighted by atomic mass is 9.71. The van der Waals surface area contributed by atoms with Gasteiger partial charge in [0.1, 0.15) is 6.54 Å². The van der Waals surface area contributed by atoms with Crippen LogP contribution >= 0.6 is 0 Å². The summed E-state index contributed by atoms with van der Waals surface area (Å²) >= 11 is 0. The van der Waals surface area contributed by atoms with Crippen molar-refractivity contribution in [3.63, 3.8) is 0 Å². The molecule has 6 nitrogen and oxygen atoms in total. The fourth-order valence-electron chi connectivity index (χ4n) is 4.43. The van der Waals surface area contributed by atoms with Crippen LogP contribution in [0.5, 0.6) is 0 Å². The summed E-state index contributed by atoms with van der Waals surface area (Å²) in [5.74, 6) is 0.565. The van der Waals surface area contributed by atoms with Crippen LogP contribution in [-0.4, -0.2) is 65.3 Å². The van der Waals surface area contributed by atoms with E-state index in [4.69, 9.17) is 0 Å². The maximum atomic E-state index is 13.7. The molecule has 3 amide bonds. The average molecular weight is 381 g/mol. The zero-order valence-electron chi connectivity index (χ0n) is 16.2. The number of amides is 3. The monoisotopic (exact) mass is 381 g/mol. The van der Waals surface area contributed by atoms with Crippen LogP contribution in [0.15, 0.2) is 43.0 Å². The Balaban J connectivity index is 1.56. The fourth-order valence-corrected chi connectivity index (χ4v) is 4.43. The molecule has 2 saturated heterocycles. The lowest BCUT2D eigenvalue weighted by Gasteiger charge is -2.42. The van der Waals surface area contributed by atoms with Gasteiger partial charge in [0.15, 0.2) is 0 Å². The summed E-state index contributed by atoms with van der Waals surface area (Å²) in [6.07, 6.45) is 4.80. The van der Waals surface area contributed by atoms with E-state index in [9.17, 15) is 14.4 Å². The number of nitrogens with zero attached hydrogens (tertiary/aromatic N) is 3. The second-order valence-electron chi connectivity index (χ2n) is 8.18. The highest BCUT2D eigenvalue weighted by Crippen LogP contribution is 2.38. The molecule has 3 fully saturated rings. The predicted octanol–water partition coefficient (Wildman–Crippen LogP) is 1.77. The zero-order valence-corrected chi connectivity index (χ0v) is 16.2. The van der Waals surface area contributed by atoms with Crippen molar-refractivity contribution in [1.29, 1.82) is 0 Å². The fraction of sp³-hybridized carbons (Fsp3) is 0.500. The van der Waals surface area contributed by atoms with E-state index in [1.165, 1.54) is 18.9 Å². The third-order valence-electron chi connectivity index (χ3n) is 6.32. The van der Waals surface area contributed by atoms with Gasteiger partial charge in [-0.15, -0.1) is 0 Å². The molecule has 2 aliphatic heterocycles. The van der Waals surface area contributed by atoms with Crippen LogP contribution in [0.2, 0.25) is 0 Å². The number of carbonyl (C=O) groups excluding carboxylic acids is 3. The van der Waals surface area contributed by atoms with Crippen LogP contribution in [0, 0.1) is 5.92 Å². The Hall–Kier alpha value is -2.63. The topological polar surface area (TPSA) is 60.9 Å². The predicted molar refractivity (Wildman–Crippen MR) is 105 cm³/mol. The van der Waals surface area contributed by atoms with E-state index in [1.54, 1.807) is 9.80 Å². The highest BCUT2D eigenvalue weighted by atomic mass is 16.2. The summed E-state index contributed by atoms with van der Waals surface area (Å²) in [5.41, 5.74) is 0.286. The van der Waals surface area contributed by atoms with Crippen LogP contribution in [0.25, 0.3) is 0 Å². The minimum absolute atomic E-state index is 0.0102.